The number of carboxylic acid groups (broad SMARTS) is 1. The number of nitrogen functional groups attached to an aromatic ring is 1. The maximum absolute atomic E-state index is 11.1. The van der Waals surface area contributed by atoms with Gasteiger partial charge in [0.1, 0.15) is 0 Å². The zero-order valence-corrected chi connectivity index (χ0v) is 9.73. The predicted octanol–water partition coefficient (Wildman–Crippen LogP) is 2.20. The van der Waals surface area contributed by atoms with E-state index >= 15 is 0 Å². The van der Waals surface area contributed by atoms with Crippen LogP contribution in [0, 0.1) is 0 Å². The largest absolute Gasteiger partial charge is 0.478 e. The van der Waals surface area contributed by atoms with Crippen LogP contribution in [0.1, 0.15) is 30.6 Å². The molecule has 0 aliphatic rings. The quantitative estimate of drug-likeness (QED) is 0.749. The first-order chi connectivity index (χ1) is 7.60. The number of rotatable bonds is 5. The average Bonchev–Trinajstić information content (AvgIpc) is 2.25. The molecule has 0 fully saturated rings. The van der Waals surface area contributed by atoms with Gasteiger partial charge < -0.3 is 15.7 Å². The van der Waals surface area contributed by atoms with E-state index < -0.39 is 5.97 Å². The maximum atomic E-state index is 11.1. The first kappa shape index (κ1) is 12.4. The van der Waals surface area contributed by atoms with Gasteiger partial charge in [-0.1, -0.05) is 6.92 Å². The highest BCUT2D eigenvalue weighted by atomic mass is 16.4. The average molecular weight is 222 g/mol. The highest BCUT2D eigenvalue weighted by molar-refractivity contribution is 5.95. The fourth-order valence-corrected chi connectivity index (χ4v) is 1.71. The number of carboxylic acids is 1. The Hall–Kier alpha value is -1.71. The summed E-state index contributed by atoms with van der Waals surface area (Å²) in [6, 6.07) is 4.90. The van der Waals surface area contributed by atoms with Gasteiger partial charge in [0.15, 0.2) is 0 Å². The van der Waals surface area contributed by atoms with Crippen LogP contribution >= 0.6 is 0 Å². The molecule has 1 aromatic carbocycles. The predicted molar refractivity (Wildman–Crippen MR) is 66.0 cm³/mol. The van der Waals surface area contributed by atoms with Crippen molar-refractivity contribution in [2.75, 3.05) is 23.7 Å². The Balaban J connectivity index is 3.16. The van der Waals surface area contributed by atoms with Gasteiger partial charge in [-0.15, -0.1) is 0 Å². The summed E-state index contributed by atoms with van der Waals surface area (Å²) >= 11 is 0. The summed E-state index contributed by atoms with van der Waals surface area (Å²) in [6.07, 6.45) is 0.974. The van der Waals surface area contributed by atoms with Crippen molar-refractivity contribution in [3.8, 4) is 0 Å². The van der Waals surface area contributed by atoms with Crippen LogP contribution in [-0.2, 0) is 0 Å². The van der Waals surface area contributed by atoms with Crippen LogP contribution in [0.4, 0.5) is 11.4 Å². The van der Waals surface area contributed by atoms with E-state index in [-0.39, 0.29) is 0 Å². The monoisotopic (exact) mass is 222 g/mol. The Morgan fingerprint density at radius 2 is 2.12 bits per heavy atom. The SMILES string of the molecule is CCCN(CC)c1cc(N)ccc1C(=O)O. The molecule has 0 radical (unpaired) electrons. The van der Waals surface area contributed by atoms with Gasteiger partial charge in [0.2, 0.25) is 0 Å². The van der Waals surface area contributed by atoms with Gasteiger partial charge in [0.25, 0.3) is 0 Å². The Morgan fingerprint density at radius 3 is 2.62 bits per heavy atom. The van der Waals surface area contributed by atoms with Crippen molar-refractivity contribution in [1.82, 2.24) is 0 Å². The van der Waals surface area contributed by atoms with E-state index in [0.29, 0.717) is 16.9 Å². The fourth-order valence-electron chi connectivity index (χ4n) is 1.71. The van der Waals surface area contributed by atoms with E-state index in [2.05, 4.69) is 6.92 Å². The third-order valence-electron chi connectivity index (χ3n) is 2.47. The second-order valence-corrected chi connectivity index (χ2v) is 3.66. The van der Waals surface area contributed by atoms with E-state index in [1.54, 1.807) is 18.2 Å². The van der Waals surface area contributed by atoms with E-state index in [1.165, 1.54) is 0 Å². The molecule has 88 valence electrons. The Kier molecular flexibility index (Phi) is 4.17. The number of carbonyl (C=O) groups is 1. The van der Waals surface area contributed by atoms with Crippen LogP contribution in [-0.4, -0.2) is 24.2 Å². The Bertz CT molecular complexity index is 377. The standard InChI is InChI=1S/C12H18N2O2/c1-3-7-14(4-2)11-8-9(13)5-6-10(11)12(15)16/h5-6,8H,3-4,7,13H2,1-2H3,(H,15,16). The molecule has 4 nitrogen and oxygen atoms in total. The molecule has 4 heteroatoms. The molecule has 0 aliphatic carbocycles. The topological polar surface area (TPSA) is 66.6 Å². The van der Waals surface area contributed by atoms with Crippen LogP contribution in [0.3, 0.4) is 0 Å². The lowest BCUT2D eigenvalue weighted by molar-refractivity contribution is 0.0697. The molecule has 0 atom stereocenters. The fraction of sp³-hybridized carbons (Fsp3) is 0.417. The zero-order valence-electron chi connectivity index (χ0n) is 9.73. The summed E-state index contributed by atoms with van der Waals surface area (Å²) in [7, 11) is 0. The van der Waals surface area contributed by atoms with Gasteiger partial charge in [0, 0.05) is 18.8 Å². The molecule has 0 spiro atoms. The van der Waals surface area contributed by atoms with Gasteiger partial charge in [-0.2, -0.15) is 0 Å². The van der Waals surface area contributed by atoms with Gasteiger partial charge in [-0.3, -0.25) is 0 Å². The van der Waals surface area contributed by atoms with E-state index in [4.69, 9.17) is 10.8 Å². The molecule has 0 unspecified atom stereocenters. The second kappa shape index (κ2) is 5.39. The molecule has 0 amide bonds. The molecule has 1 aromatic rings. The molecule has 3 N–H and O–H groups in total. The third kappa shape index (κ3) is 2.66. The Morgan fingerprint density at radius 1 is 1.44 bits per heavy atom. The number of aromatic carboxylic acids is 1. The molecule has 0 saturated heterocycles. The van der Waals surface area contributed by atoms with Crippen molar-refractivity contribution in [3.63, 3.8) is 0 Å². The lowest BCUT2D eigenvalue weighted by Gasteiger charge is -2.24. The number of nitrogens with zero attached hydrogens (tertiary/aromatic N) is 1. The number of benzene rings is 1. The van der Waals surface area contributed by atoms with Gasteiger partial charge in [0.05, 0.1) is 11.3 Å². The summed E-state index contributed by atoms with van der Waals surface area (Å²) in [4.78, 5) is 13.1. The lowest BCUT2D eigenvalue weighted by Crippen LogP contribution is -2.25. The summed E-state index contributed by atoms with van der Waals surface area (Å²) in [5, 5.41) is 9.10. The minimum absolute atomic E-state index is 0.310. The smallest absolute Gasteiger partial charge is 0.337 e. The number of hydrogen-bond donors (Lipinski definition) is 2. The van der Waals surface area contributed by atoms with Crippen LogP contribution in [0.2, 0.25) is 0 Å². The van der Waals surface area contributed by atoms with Crippen molar-refractivity contribution >= 4 is 17.3 Å². The van der Waals surface area contributed by atoms with Crippen LogP contribution in [0.5, 0.6) is 0 Å². The summed E-state index contributed by atoms with van der Waals surface area (Å²) in [5.41, 5.74) is 7.30. The van der Waals surface area contributed by atoms with Gasteiger partial charge >= 0.3 is 5.97 Å². The summed E-state index contributed by atoms with van der Waals surface area (Å²) < 4.78 is 0. The first-order valence-corrected chi connectivity index (χ1v) is 5.47. The van der Waals surface area contributed by atoms with Crippen LogP contribution in [0.25, 0.3) is 0 Å². The second-order valence-electron chi connectivity index (χ2n) is 3.66. The summed E-state index contributed by atoms with van der Waals surface area (Å²) in [5.74, 6) is -0.912. The van der Waals surface area contributed by atoms with Crippen LogP contribution in [0.15, 0.2) is 18.2 Å². The van der Waals surface area contributed by atoms with Crippen LogP contribution < -0.4 is 10.6 Å². The van der Waals surface area contributed by atoms with E-state index in [1.807, 2.05) is 11.8 Å². The molecule has 0 heterocycles. The van der Waals surface area contributed by atoms with Crippen molar-refractivity contribution in [2.24, 2.45) is 0 Å². The van der Waals surface area contributed by atoms with E-state index in [9.17, 15) is 4.79 Å². The van der Waals surface area contributed by atoms with Crippen molar-refractivity contribution in [3.05, 3.63) is 23.8 Å². The summed E-state index contributed by atoms with van der Waals surface area (Å²) in [6.45, 7) is 5.68. The minimum atomic E-state index is -0.912. The molecule has 0 aromatic heterocycles. The van der Waals surface area contributed by atoms with Gasteiger partial charge in [-0.25, -0.2) is 4.79 Å². The van der Waals surface area contributed by atoms with Gasteiger partial charge in [-0.05, 0) is 31.5 Å². The molecular formula is C12H18N2O2. The zero-order chi connectivity index (χ0) is 12.1. The normalized spacial score (nSPS) is 10.1. The highest BCUT2D eigenvalue weighted by Gasteiger charge is 2.14. The number of nitrogens with two attached hydrogens (primary N) is 1. The highest BCUT2D eigenvalue weighted by Crippen LogP contribution is 2.23. The Labute approximate surface area is 95.7 Å². The van der Waals surface area contributed by atoms with Crippen molar-refractivity contribution < 1.29 is 9.90 Å². The number of anilines is 2. The van der Waals surface area contributed by atoms with Crippen molar-refractivity contribution in [2.45, 2.75) is 20.3 Å². The van der Waals surface area contributed by atoms with E-state index in [0.717, 1.165) is 19.5 Å². The molecule has 1 rings (SSSR count). The molecular weight excluding hydrogens is 204 g/mol. The van der Waals surface area contributed by atoms with Crippen molar-refractivity contribution in [1.29, 1.82) is 0 Å². The molecule has 16 heavy (non-hydrogen) atoms. The molecule has 0 aliphatic heterocycles. The molecule has 0 bridgehead atoms. The minimum Gasteiger partial charge on any atom is -0.478 e. The lowest BCUT2D eigenvalue weighted by atomic mass is 10.1. The maximum Gasteiger partial charge on any atom is 0.337 e. The third-order valence-corrected chi connectivity index (χ3v) is 2.47. The number of hydrogen-bond acceptors (Lipinski definition) is 3. The first-order valence-electron chi connectivity index (χ1n) is 5.47. The molecule has 0 saturated carbocycles.